The van der Waals surface area contributed by atoms with Gasteiger partial charge in [-0.25, -0.2) is 0 Å². The number of nitrogens with two attached hydrogens (primary N) is 2. The van der Waals surface area contributed by atoms with Gasteiger partial charge in [0.05, 0.1) is 0 Å². The van der Waals surface area contributed by atoms with Crippen molar-refractivity contribution in [2.45, 2.75) is 0 Å². The number of guanidine groups is 1. The number of rotatable bonds is 1. The van der Waals surface area contributed by atoms with E-state index >= 15 is 0 Å². The van der Waals surface area contributed by atoms with Gasteiger partial charge in [-0.05, 0) is 0 Å². The maximum Gasteiger partial charge on any atom is 0.200 e. The van der Waals surface area contributed by atoms with Crippen LogP contribution in [0.4, 0.5) is 0 Å². The highest BCUT2D eigenvalue weighted by Crippen LogP contribution is 1.86. The Bertz CT molecular complexity index is 57.8. The van der Waals surface area contributed by atoms with Crippen LogP contribution in [0.3, 0.4) is 0 Å². The molecule has 0 aromatic heterocycles. The molecule has 5 N–H and O–H groups in total. The van der Waals surface area contributed by atoms with Crippen LogP contribution in [0.15, 0.2) is 4.40 Å². The van der Waals surface area contributed by atoms with Crippen LogP contribution in [0.25, 0.3) is 0 Å². The molecule has 0 aliphatic carbocycles. The maximum absolute atomic E-state index is 7.81. The predicted octanol–water partition coefficient (Wildman–Crippen LogP) is -0.619. The van der Waals surface area contributed by atoms with Gasteiger partial charge in [-0.2, -0.15) is 4.40 Å². The molecule has 0 unspecified atom stereocenters. The number of hydrogen-bond donors (Lipinski definition) is 3. The van der Waals surface area contributed by atoms with E-state index in [1.165, 1.54) is 0 Å². The minimum Gasteiger partial charge on any atom is -0.369 e. The van der Waals surface area contributed by atoms with E-state index in [1.807, 2.05) is 0 Å². The van der Waals surface area contributed by atoms with Crippen molar-refractivity contribution >= 4 is 18.2 Å². The molecule has 4 nitrogen and oxygen atoms in total. The van der Waals surface area contributed by atoms with E-state index in [-0.39, 0.29) is 18.2 Å². The van der Waals surface area contributed by atoms with Gasteiger partial charge in [0.2, 0.25) is 0 Å². The summed E-state index contributed by atoms with van der Waals surface area (Å²) in [4.78, 5) is 0. The highest BCUT2D eigenvalue weighted by atomic mass is 32.2. The molecule has 0 saturated heterocycles. The standard InChI is InChI=1S/CH5N3OS/c2-1(3)4-6-5/h5H,(H4,2,3,4). The van der Waals surface area contributed by atoms with Crippen molar-refractivity contribution in [3.05, 3.63) is 0 Å². The van der Waals surface area contributed by atoms with Crippen LogP contribution >= 0.6 is 12.2 Å². The average Bonchev–Trinajstić information content (AvgIpc) is 1.35. The van der Waals surface area contributed by atoms with Gasteiger partial charge in [0.1, 0.15) is 12.2 Å². The lowest BCUT2D eigenvalue weighted by Gasteiger charge is -1.79. The first-order valence-corrected chi connectivity index (χ1v) is 1.90. The van der Waals surface area contributed by atoms with Crippen molar-refractivity contribution in [3.63, 3.8) is 0 Å². The molecule has 0 aliphatic heterocycles. The van der Waals surface area contributed by atoms with Crippen LogP contribution in [-0.2, 0) is 0 Å². The van der Waals surface area contributed by atoms with Crippen molar-refractivity contribution in [2.75, 3.05) is 0 Å². The van der Waals surface area contributed by atoms with Crippen molar-refractivity contribution in [1.82, 2.24) is 0 Å². The number of hydrogen-bond acceptors (Lipinski definition) is 3. The molecule has 6 heavy (non-hydrogen) atoms. The molecular weight excluding hydrogens is 102 g/mol. The quantitative estimate of drug-likeness (QED) is 0.180. The van der Waals surface area contributed by atoms with Gasteiger partial charge < -0.3 is 16.0 Å². The molecule has 0 aromatic carbocycles. The smallest absolute Gasteiger partial charge is 0.200 e. The third kappa shape index (κ3) is 3.58. The van der Waals surface area contributed by atoms with Gasteiger partial charge in [-0.15, -0.1) is 0 Å². The van der Waals surface area contributed by atoms with Crippen LogP contribution in [-0.4, -0.2) is 10.5 Å². The van der Waals surface area contributed by atoms with E-state index in [0.717, 1.165) is 0 Å². The second-order valence-electron chi connectivity index (χ2n) is 0.598. The fourth-order valence-electron chi connectivity index (χ4n) is 0.0471. The zero-order chi connectivity index (χ0) is 4.99. The van der Waals surface area contributed by atoms with Gasteiger partial charge in [0.25, 0.3) is 0 Å². The molecular formula is CH5N3OS. The van der Waals surface area contributed by atoms with Crippen molar-refractivity contribution in [3.8, 4) is 0 Å². The van der Waals surface area contributed by atoms with E-state index in [2.05, 4.69) is 4.40 Å². The van der Waals surface area contributed by atoms with Gasteiger partial charge in [0, 0.05) is 0 Å². The van der Waals surface area contributed by atoms with Gasteiger partial charge >= 0.3 is 0 Å². The first-order valence-electron chi connectivity index (χ1n) is 1.17. The van der Waals surface area contributed by atoms with Crippen LogP contribution in [0, 0.1) is 0 Å². The molecule has 0 rings (SSSR count). The van der Waals surface area contributed by atoms with E-state index in [4.69, 9.17) is 16.0 Å². The molecule has 5 heteroatoms. The summed E-state index contributed by atoms with van der Waals surface area (Å²) in [6.45, 7) is 0. The topological polar surface area (TPSA) is 84.6 Å². The first kappa shape index (κ1) is 5.58. The Labute approximate surface area is 39.6 Å². The van der Waals surface area contributed by atoms with Crippen molar-refractivity contribution < 1.29 is 4.55 Å². The molecule has 0 heterocycles. The summed E-state index contributed by atoms with van der Waals surface area (Å²) < 4.78 is 10.9. The molecule has 0 atom stereocenters. The van der Waals surface area contributed by atoms with Crippen LogP contribution in [0.1, 0.15) is 0 Å². The fourth-order valence-corrected chi connectivity index (χ4v) is 0.141. The Morgan fingerprint density at radius 2 is 2.17 bits per heavy atom. The zero-order valence-electron chi connectivity index (χ0n) is 2.96. The summed E-state index contributed by atoms with van der Waals surface area (Å²) in [6, 6.07) is 0. The fraction of sp³-hybridized carbons (Fsp3) is 0. The Morgan fingerprint density at radius 1 is 1.67 bits per heavy atom. The van der Waals surface area contributed by atoms with E-state index in [9.17, 15) is 0 Å². The van der Waals surface area contributed by atoms with Crippen LogP contribution in [0.2, 0.25) is 0 Å². The minimum absolute atomic E-state index is 0.123. The molecule has 0 aliphatic rings. The largest absolute Gasteiger partial charge is 0.369 e. The Kier molecular flexibility index (Phi) is 2.60. The second kappa shape index (κ2) is 2.80. The molecule has 0 fully saturated rings. The lowest BCUT2D eigenvalue weighted by atomic mass is 11.1. The summed E-state index contributed by atoms with van der Waals surface area (Å²) in [6.07, 6.45) is 0. The molecule has 0 saturated carbocycles. The van der Waals surface area contributed by atoms with Crippen LogP contribution in [0.5, 0.6) is 0 Å². The predicted molar refractivity (Wildman–Crippen MR) is 26.0 cm³/mol. The van der Waals surface area contributed by atoms with Gasteiger partial charge in [-0.1, -0.05) is 0 Å². The molecule has 0 spiro atoms. The van der Waals surface area contributed by atoms with Crippen molar-refractivity contribution in [2.24, 2.45) is 15.9 Å². The Hall–Kier alpha value is -0.420. The Balaban J connectivity index is 3.14. The van der Waals surface area contributed by atoms with E-state index in [0.29, 0.717) is 0 Å². The summed E-state index contributed by atoms with van der Waals surface area (Å²) in [5.74, 6) is -0.123. The summed E-state index contributed by atoms with van der Waals surface area (Å²) in [5, 5.41) is 0. The Morgan fingerprint density at radius 3 is 2.17 bits per heavy atom. The average molecular weight is 107 g/mol. The van der Waals surface area contributed by atoms with E-state index in [1.54, 1.807) is 0 Å². The first-order chi connectivity index (χ1) is 2.77. The molecule has 0 bridgehead atoms. The SMILES string of the molecule is NC(N)=NSO. The highest BCUT2D eigenvalue weighted by Gasteiger charge is 1.71. The zero-order valence-corrected chi connectivity index (χ0v) is 3.77. The molecule has 0 amide bonds. The third-order valence-corrected chi connectivity index (χ3v) is 0.439. The summed E-state index contributed by atoms with van der Waals surface area (Å²) in [5.41, 5.74) is 9.50. The minimum atomic E-state index is -0.123. The number of nitrogens with zero attached hydrogens (tertiary/aromatic N) is 1. The third-order valence-electron chi connectivity index (χ3n) is 0.146. The molecule has 0 aromatic rings. The lowest BCUT2D eigenvalue weighted by Crippen LogP contribution is -2.21. The summed E-state index contributed by atoms with van der Waals surface area (Å²) >= 11 is 0.248. The van der Waals surface area contributed by atoms with Gasteiger partial charge in [0.15, 0.2) is 5.96 Å². The van der Waals surface area contributed by atoms with Gasteiger partial charge in [-0.3, -0.25) is 0 Å². The molecule has 0 radical (unpaired) electrons. The molecule has 36 valence electrons. The normalized spacial score (nSPS) is 7.50. The monoisotopic (exact) mass is 107 g/mol. The maximum atomic E-state index is 7.81. The summed E-state index contributed by atoms with van der Waals surface area (Å²) in [7, 11) is 0. The lowest BCUT2D eigenvalue weighted by molar-refractivity contribution is 0.665. The second-order valence-corrected chi connectivity index (χ2v) is 0.944. The highest BCUT2D eigenvalue weighted by molar-refractivity contribution is 7.92. The van der Waals surface area contributed by atoms with Crippen LogP contribution < -0.4 is 11.5 Å². The van der Waals surface area contributed by atoms with E-state index < -0.39 is 0 Å². The van der Waals surface area contributed by atoms with Crippen molar-refractivity contribution in [1.29, 1.82) is 0 Å².